The molecular weight excluding hydrogens is 479 g/mol. The summed E-state index contributed by atoms with van der Waals surface area (Å²) in [6.07, 6.45) is 5.43. The molecular formula is C25H20Cl2N2O3S. The molecule has 0 unspecified atom stereocenters. The number of allylic oxidation sites excluding steroid dienone is 2. The molecule has 5 nitrogen and oxygen atoms in total. The summed E-state index contributed by atoms with van der Waals surface area (Å²) in [5.74, 6) is -0.489. The molecule has 1 aliphatic heterocycles. The van der Waals surface area contributed by atoms with Gasteiger partial charge in [-0.25, -0.2) is 9.79 Å². The zero-order valence-electron chi connectivity index (χ0n) is 17.9. The van der Waals surface area contributed by atoms with Gasteiger partial charge in [0, 0.05) is 10.0 Å². The van der Waals surface area contributed by atoms with E-state index < -0.39 is 12.0 Å². The number of halogens is 2. The van der Waals surface area contributed by atoms with Gasteiger partial charge >= 0.3 is 5.97 Å². The third-order valence-electron chi connectivity index (χ3n) is 5.08. The zero-order valence-corrected chi connectivity index (χ0v) is 20.2. The second-order valence-electron chi connectivity index (χ2n) is 7.28. The summed E-state index contributed by atoms with van der Waals surface area (Å²) in [6, 6.07) is 14.1. The molecule has 0 amide bonds. The van der Waals surface area contributed by atoms with Crippen molar-refractivity contribution in [1.82, 2.24) is 4.57 Å². The summed E-state index contributed by atoms with van der Waals surface area (Å²) in [6.45, 7) is 3.72. The molecule has 33 heavy (non-hydrogen) atoms. The summed E-state index contributed by atoms with van der Waals surface area (Å²) in [4.78, 5) is 31.3. The van der Waals surface area contributed by atoms with E-state index in [1.165, 1.54) is 15.9 Å². The smallest absolute Gasteiger partial charge is 0.338 e. The third kappa shape index (κ3) is 4.88. The maximum absolute atomic E-state index is 13.5. The Hall–Kier alpha value is -2.93. The van der Waals surface area contributed by atoms with Crippen LogP contribution in [0.25, 0.3) is 12.2 Å². The van der Waals surface area contributed by atoms with Crippen LogP contribution in [0.4, 0.5) is 0 Å². The van der Waals surface area contributed by atoms with Gasteiger partial charge in [0.1, 0.15) is 0 Å². The second kappa shape index (κ2) is 9.91. The predicted octanol–water partition coefficient (Wildman–Crippen LogP) is 4.77. The number of fused-ring (bicyclic) bond motifs is 1. The van der Waals surface area contributed by atoms with Crippen molar-refractivity contribution in [3.8, 4) is 0 Å². The lowest BCUT2D eigenvalue weighted by atomic mass is 10.0. The van der Waals surface area contributed by atoms with Crippen LogP contribution in [0.5, 0.6) is 0 Å². The van der Waals surface area contributed by atoms with Gasteiger partial charge in [0.25, 0.3) is 5.56 Å². The van der Waals surface area contributed by atoms with Crippen LogP contribution in [0.15, 0.2) is 75.7 Å². The molecule has 0 fully saturated rings. The topological polar surface area (TPSA) is 60.7 Å². The van der Waals surface area contributed by atoms with Crippen molar-refractivity contribution >= 4 is 52.7 Å². The van der Waals surface area contributed by atoms with Gasteiger partial charge in [-0.1, -0.05) is 83.1 Å². The number of esters is 1. The molecule has 0 saturated carbocycles. The van der Waals surface area contributed by atoms with Gasteiger partial charge in [0.05, 0.1) is 28.5 Å². The van der Waals surface area contributed by atoms with E-state index >= 15 is 0 Å². The Labute approximate surface area is 204 Å². The Bertz CT molecular complexity index is 1450. The molecule has 0 aliphatic carbocycles. The Morgan fingerprint density at radius 1 is 1.21 bits per heavy atom. The Kier molecular flexibility index (Phi) is 6.98. The first kappa shape index (κ1) is 23.2. The quantitative estimate of drug-likeness (QED) is 0.476. The van der Waals surface area contributed by atoms with Crippen molar-refractivity contribution in [2.45, 2.75) is 19.9 Å². The number of benzene rings is 2. The highest BCUT2D eigenvalue weighted by molar-refractivity contribution is 7.07. The molecule has 1 aliphatic rings. The van der Waals surface area contributed by atoms with E-state index in [2.05, 4.69) is 4.99 Å². The van der Waals surface area contributed by atoms with Gasteiger partial charge < -0.3 is 4.74 Å². The first-order valence-electron chi connectivity index (χ1n) is 10.3. The summed E-state index contributed by atoms with van der Waals surface area (Å²) in [5, 5.41) is 0.955. The van der Waals surface area contributed by atoms with E-state index in [1.54, 1.807) is 38.1 Å². The minimum absolute atomic E-state index is 0.226. The minimum Gasteiger partial charge on any atom is -0.463 e. The molecule has 2 aromatic carbocycles. The lowest BCUT2D eigenvalue weighted by Gasteiger charge is -2.21. The molecule has 1 atom stereocenters. The predicted molar refractivity (Wildman–Crippen MR) is 133 cm³/mol. The van der Waals surface area contributed by atoms with Crippen LogP contribution in [-0.2, 0) is 9.53 Å². The zero-order chi connectivity index (χ0) is 23.5. The molecule has 3 aromatic rings. The van der Waals surface area contributed by atoms with E-state index in [0.29, 0.717) is 36.2 Å². The summed E-state index contributed by atoms with van der Waals surface area (Å²) in [5.41, 5.74) is 2.22. The number of aromatic nitrogens is 1. The van der Waals surface area contributed by atoms with E-state index in [4.69, 9.17) is 27.9 Å². The van der Waals surface area contributed by atoms with Crippen LogP contribution in [0, 0.1) is 0 Å². The van der Waals surface area contributed by atoms with Crippen LogP contribution >= 0.6 is 34.5 Å². The van der Waals surface area contributed by atoms with Crippen molar-refractivity contribution in [3.05, 3.63) is 107 Å². The lowest BCUT2D eigenvalue weighted by molar-refractivity contribution is -0.139. The Morgan fingerprint density at radius 3 is 2.67 bits per heavy atom. The number of carbonyl (C=O) groups excluding carboxylic acids is 1. The number of carbonyl (C=O) groups is 1. The molecule has 0 bridgehead atoms. The van der Waals surface area contributed by atoms with Crippen molar-refractivity contribution in [2.24, 2.45) is 4.99 Å². The van der Waals surface area contributed by atoms with E-state index in [9.17, 15) is 9.59 Å². The highest BCUT2D eigenvalue weighted by Gasteiger charge is 2.30. The number of hydrogen-bond acceptors (Lipinski definition) is 5. The van der Waals surface area contributed by atoms with E-state index in [1.807, 2.05) is 42.5 Å². The van der Waals surface area contributed by atoms with Gasteiger partial charge in [-0.2, -0.15) is 0 Å². The highest BCUT2D eigenvalue weighted by atomic mass is 35.5. The summed E-state index contributed by atoms with van der Waals surface area (Å²) in [7, 11) is 0. The fourth-order valence-electron chi connectivity index (χ4n) is 3.54. The maximum atomic E-state index is 13.5. The standard InChI is InChI=1S/C25H20Cl2N2O3S/c1-3-32-24(31)22-15(2)28-25-29(20(22)12-9-16-7-5-4-6-8-16)23(30)21(33-25)13-17-10-11-18(26)14-19(17)27/h4-14,20H,3H2,1-2H3/b12-9+,21-13+/t20-/m1/s1. The van der Waals surface area contributed by atoms with Gasteiger partial charge in [-0.15, -0.1) is 0 Å². The molecule has 0 N–H and O–H groups in total. The van der Waals surface area contributed by atoms with Crippen LogP contribution in [0.3, 0.4) is 0 Å². The largest absolute Gasteiger partial charge is 0.463 e. The van der Waals surface area contributed by atoms with Crippen molar-refractivity contribution in [2.75, 3.05) is 6.61 Å². The average molecular weight is 499 g/mol. The number of hydrogen-bond donors (Lipinski definition) is 0. The molecule has 0 spiro atoms. The minimum atomic E-state index is -0.650. The molecule has 168 valence electrons. The van der Waals surface area contributed by atoms with E-state index in [0.717, 1.165) is 5.56 Å². The summed E-state index contributed by atoms with van der Waals surface area (Å²) >= 11 is 13.5. The normalized spacial score (nSPS) is 16.1. The SMILES string of the molecule is CCOC(=O)C1=C(C)N=c2s/c(=C/c3ccc(Cl)cc3Cl)c(=O)n2[C@@H]1/C=C/c1ccccc1. The molecule has 0 saturated heterocycles. The van der Waals surface area contributed by atoms with Crippen LogP contribution in [0.1, 0.15) is 31.0 Å². The number of rotatable bonds is 5. The number of thiazole rings is 1. The van der Waals surface area contributed by atoms with Gasteiger partial charge in [0.15, 0.2) is 4.80 Å². The molecule has 0 radical (unpaired) electrons. The number of ether oxygens (including phenoxy) is 1. The monoisotopic (exact) mass is 498 g/mol. The Balaban J connectivity index is 1.89. The van der Waals surface area contributed by atoms with Crippen molar-refractivity contribution < 1.29 is 9.53 Å². The van der Waals surface area contributed by atoms with Gasteiger partial charge in [-0.3, -0.25) is 9.36 Å². The second-order valence-corrected chi connectivity index (χ2v) is 9.13. The first-order valence-corrected chi connectivity index (χ1v) is 11.8. The lowest BCUT2D eigenvalue weighted by Crippen LogP contribution is -2.38. The number of nitrogens with zero attached hydrogens (tertiary/aromatic N) is 2. The fourth-order valence-corrected chi connectivity index (χ4v) is 5.05. The van der Waals surface area contributed by atoms with Crippen molar-refractivity contribution in [3.63, 3.8) is 0 Å². The van der Waals surface area contributed by atoms with Crippen molar-refractivity contribution in [1.29, 1.82) is 0 Å². The van der Waals surface area contributed by atoms with E-state index in [-0.39, 0.29) is 12.2 Å². The van der Waals surface area contributed by atoms with Crippen LogP contribution in [0.2, 0.25) is 10.0 Å². The van der Waals surface area contributed by atoms with Crippen LogP contribution < -0.4 is 14.9 Å². The molecule has 2 heterocycles. The fraction of sp³-hybridized carbons (Fsp3) is 0.160. The third-order valence-corrected chi connectivity index (χ3v) is 6.62. The van der Waals surface area contributed by atoms with Crippen LogP contribution in [-0.4, -0.2) is 17.1 Å². The molecule has 4 rings (SSSR count). The maximum Gasteiger partial charge on any atom is 0.338 e. The molecule has 8 heteroatoms. The first-order chi connectivity index (χ1) is 15.9. The Morgan fingerprint density at radius 2 is 1.97 bits per heavy atom. The van der Waals surface area contributed by atoms with Gasteiger partial charge in [-0.05, 0) is 43.2 Å². The summed E-state index contributed by atoms with van der Waals surface area (Å²) < 4.78 is 7.26. The molecule has 1 aromatic heterocycles. The van der Waals surface area contributed by atoms with Gasteiger partial charge in [0.2, 0.25) is 0 Å². The average Bonchev–Trinajstić information content (AvgIpc) is 3.09. The highest BCUT2D eigenvalue weighted by Crippen LogP contribution is 2.26.